The predicted molar refractivity (Wildman–Crippen MR) is 69.4 cm³/mol. The maximum Gasteiger partial charge on any atom is 0.0962 e. The van der Waals surface area contributed by atoms with E-state index >= 15 is 0 Å². The molecule has 1 aromatic carbocycles. The summed E-state index contributed by atoms with van der Waals surface area (Å²) >= 11 is 3.56. The first-order valence-corrected chi connectivity index (χ1v) is 6.36. The van der Waals surface area contributed by atoms with Gasteiger partial charge in [-0.2, -0.15) is 0 Å². The molecule has 16 heavy (non-hydrogen) atoms. The van der Waals surface area contributed by atoms with Crippen LogP contribution in [0.5, 0.6) is 0 Å². The fourth-order valence-electron chi connectivity index (χ4n) is 2.06. The molecule has 1 heterocycles. The highest BCUT2D eigenvalue weighted by molar-refractivity contribution is 9.10. The third kappa shape index (κ3) is 2.56. The molecule has 2 rings (SSSR count). The molecule has 1 atom stereocenters. The Labute approximate surface area is 105 Å². The molecule has 1 saturated heterocycles. The Hall–Kier alpha value is -0.580. The summed E-state index contributed by atoms with van der Waals surface area (Å²) < 4.78 is 1.15. The van der Waals surface area contributed by atoms with Gasteiger partial charge in [-0.05, 0) is 37.5 Å². The first-order valence-electron chi connectivity index (χ1n) is 5.57. The van der Waals surface area contributed by atoms with Crippen LogP contribution in [0.4, 0.5) is 5.69 Å². The molecule has 2 N–H and O–H groups in total. The molecule has 1 aromatic rings. The Morgan fingerprint density at radius 1 is 1.50 bits per heavy atom. The SMILES string of the molecule is Cc1ccc(N2CCCC(ON)C2)cc1Br. The van der Waals surface area contributed by atoms with Crippen molar-refractivity contribution < 1.29 is 4.84 Å². The minimum absolute atomic E-state index is 0.161. The summed E-state index contributed by atoms with van der Waals surface area (Å²) in [6, 6.07) is 6.44. The highest BCUT2D eigenvalue weighted by atomic mass is 79.9. The number of anilines is 1. The van der Waals surface area contributed by atoms with Crippen LogP contribution in [0.15, 0.2) is 22.7 Å². The molecule has 0 saturated carbocycles. The van der Waals surface area contributed by atoms with Crippen molar-refractivity contribution in [1.82, 2.24) is 0 Å². The van der Waals surface area contributed by atoms with Crippen molar-refractivity contribution in [2.75, 3.05) is 18.0 Å². The van der Waals surface area contributed by atoms with Gasteiger partial charge in [-0.3, -0.25) is 4.84 Å². The van der Waals surface area contributed by atoms with E-state index in [-0.39, 0.29) is 6.10 Å². The number of nitrogens with zero attached hydrogens (tertiary/aromatic N) is 1. The van der Waals surface area contributed by atoms with E-state index in [0.29, 0.717) is 0 Å². The summed E-state index contributed by atoms with van der Waals surface area (Å²) in [5.41, 5.74) is 2.49. The monoisotopic (exact) mass is 284 g/mol. The van der Waals surface area contributed by atoms with Gasteiger partial charge in [0.05, 0.1) is 6.10 Å². The Kier molecular flexibility index (Phi) is 3.84. The van der Waals surface area contributed by atoms with Crippen molar-refractivity contribution in [3.05, 3.63) is 28.2 Å². The lowest BCUT2D eigenvalue weighted by atomic mass is 10.1. The van der Waals surface area contributed by atoms with Crippen molar-refractivity contribution in [2.45, 2.75) is 25.9 Å². The smallest absolute Gasteiger partial charge is 0.0962 e. The summed E-state index contributed by atoms with van der Waals surface area (Å²) in [7, 11) is 0. The third-order valence-electron chi connectivity index (χ3n) is 3.09. The van der Waals surface area contributed by atoms with E-state index in [0.717, 1.165) is 30.4 Å². The number of benzene rings is 1. The highest BCUT2D eigenvalue weighted by Gasteiger charge is 2.20. The highest BCUT2D eigenvalue weighted by Crippen LogP contribution is 2.26. The van der Waals surface area contributed by atoms with Gasteiger partial charge in [-0.15, -0.1) is 0 Å². The number of hydrogen-bond acceptors (Lipinski definition) is 3. The zero-order valence-electron chi connectivity index (χ0n) is 9.45. The second-order valence-corrected chi connectivity index (χ2v) is 5.13. The largest absolute Gasteiger partial charge is 0.369 e. The average Bonchev–Trinajstić information content (AvgIpc) is 2.33. The number of halogens is 1. The van der Waals surface area contributed by atoms with Gasteiger partial charge in [-0.1, -0.05) is 22.0 Å². The van der Waals surface area contributed by atoms with Crippen LogP contribution in [0.2, 0.25) is 0 Å². The molecular weight excluding hydrogens is 268 g/mol. The molecule has 1 fully saturated rings. The fourth-order valence-corrected chi connectivity index (χ4v) is 2.43. The van der Waals surface area contributed by atoms with Crippen molar-refractivity contribution in [1.29, 1.82) is 0 Å². The minimum Gasteiger partial charge on any atom is -0.369 e. The van der Waals surface area contributed by atoms with Crippen molar-refractivity contribution in [3.8, 4) is 0 Å². The molecule has 3 nitrogen and oxygen atoms in total. The van der Waals surface area contributed by atoms with Gasteiger partial charge in [0.15, 0.2) is 0 Å². The molecule has 0 radical (unpaired) electrons. The molecule has 0 bridgehead atoms. The minimum atomic E-state index is 0.161. The van der Waals surface area contributed by atoms with Crippen LogP contribution < -0.4 is 10.8 Å². The van der Waals surface area contributed by atoms with Crippen LogP contribution in [0.3, 0.4) is 0 Å². The molecule has 1 aliphatic rings. The summed E-state index contributed by atoms with van der Waals surface area (Å²) in [5, 5.41) is 0. The van der Waals surface area contributed by atoms with Crippen molar-refractivity contribution in [3.63, 3.8) is 0 Å². The second kappa shape index (κ2) is 5.17. The van der Waals surface area contributed by atoms with E-state index in [9.17, 15) is 0 Å². The van der Waals surface area contributed by atoms with E-state index in [1.54, 1.807) is 0 Å². The Morgan fingerprint density at radius 3 is 3.00 bits per heavy atom. The normalized spacial score (nSPS) is 21.2. The van der Waals surface area contributed by atoms with Gasteiger partial charge in [0.25, 0.3) is 0 Å². The Morgan fingerprint density at radius 2 is 2.31 bits per heavy atom. The molecule has 0 spiro atoms. The Balaban J connectivity index is 2.13. The molecule has 0 amide bonds. The zero-order valence-corrected chi connectivity index (χ0v) is 11.0. The summed E-state index contributed by atoms with van der Waals surface area (Å²) in [4.78, 5) is 7.27. The van der Waals surface area contributed by atoms with Crippen molar-refractivity contribution >= 4 is 21.6 Å². The second-order valence-electron chi connectivity index (χ2n) is 4.28. The maximum atomic E-state index is 5.26. The molecule has 0 aliphatic carbocycles. The van der Waals surface area contributed by atoms with E-state index in [1.165, 1.54) is 11.3 Å². The molecule has 0 aromatic heterocycles. The van der Waals surface area contributed by atoms with Gasteiger partial charge in [-0.25, -0.2) is 5.90 Å². The first kappa shape index (κ1) is 11.9. The topological polar surface area (TPSA) is 38.5 Å². The van der Waals surface area contributed by atoms with Crippen LogP contribution in [0.25, 0.3) is 0 Å². The van der Waals surface area contributed by atoms with Gasteiger partial charge in [0.1, 0.15) is 0 Å². The molecule has 1 aliphatic heterocycles. The quantitative estimate of drug-likeness (QED) is 0.849. The fraction of sp³-hybridized carbons (Fsp3) is 0.500. The van der Waals surface area contributed by atoms with Gasteiger partial charge in [0.2, 0.25) is 0 Å². The predicted octanol–water partition coefficient (Wildman–Crippen LogP) is 2.62. The Bertz CT molecular complexity index is 370. The average molecular weight is 285 g/mol. The van der Waals surface area contributed by atoms with E-state index in [2.05, 4.69) is 46.0 Å². The first-order chi connectivity index (χ1) is 7.70. The van der Waals surface area contributed by atoms with E-state index in [4.69, 9.17) is 10.7 Å². The van der Waals surface area contributed by atoms with Crippen LogP contribution in [-0.2, 0) is 4.84 Å². The van der Waals surface area contributed by atoms with Gasteiger partial charge in [0, 0.05) is 23.2 Å². The van der Waals surface area contributed by atoms with Crippen LogP contribution in [0.1, 0.15) is 18.4 Å². The van der Waals surface area contributed by atoms with Crippen LogP contribution >= 0.6 is 15.9 Å². The zero-order chi connectivity index (χ0) is 11.5. The number of rotatable bonds is 2. The summed E-state index contributed by atoms with van der Waals surface area (Å²) in [6.45, 7) is 4.05. The van der Waals surface area contributed by atoms with Crippen LogP contribution in [-0.4, -0.2) is 19.2 Å². The van der Waals surface area contributed by atoms with Crippen LogP contribution in [0, 0.1) is 6.92 Å². The summed E-state index contributed by atoms with van der Waals surface area (Å²) in [6.07, 6.45) is 2.35. The molecular formula is C12H17BrN2O. The molecule has 1 unspecified atom stereocenters. The van der Waals surface area contributed by atoms with Gasteiger partial charge < -0.3 is 4.90 Å². The number of piperidine rings is 1. The van der Waals surface area contributed by atoms with E-state index in [1.807, 2.05) is 0 Å². The van der Waals surface area contributed by atoms with Crippen molar-refractivity contribution in [2.24, 2.45) is 5.90 Å². The number of nitrogens with two attached hydrogens (primary N) is 1. The number of aryl methyl sites for hydroxylation is 1. The maximum absolute atomic E-state index is 5.26. The lowest BCUT2D eigenvalue weighted by molar-refractivity contribution is 0.0435. The molecule has 88 valence electrons. The third-order valence-corrected chi connectivity index (χ3v) is 3.95. The van der Waals surface area contributed by atoms with E-state index < -0.39 is 0 Å². The standard InChI is InChI=1S/C12H17BrN2O/c1-9-4-5-10(7-12(9)13)15-6-2-3-11(8-15)16-14/h4-5,7,11H,2-3,6,8,14H2,1H3. The summed E-state index contributed by atoms with van der Waals surface area (Å²) in [5.74, 6) is 5.26. The van der Waals surface area contributed by atoms with Gasteiger partial charge >= 0.3 is 0 Å². The number of hydrogen-bond donors (Lipinski definition) is 1. The lowest BCUT2D eigenvalue weighted by Gasteiger charge is -2.33. The lowest BCUT2D eigenvalue weighted by Crippen LogP contribution is -2.40. The molecule has 4 heteroatoms.